The highest BCUT2D eigenvalue weighted by Crippen LogP contribution is 2.45. The van der Waals surface area contributed by atoms with Gasteiger partial charge in [0.05, 0.1) is 12.3 Å². The molecule has 0 bridgehead atoms. The molecule has 0 radical (unpaired) electrons. The molecule has 0 saturated heterocycles. The maximum atomic E-state index is 11.9. The van der Waals surface area contributed by atoms with Gasteiger partial charge in [-0.3, -0.25) is 9.59 Å². The third-order valence-corrected chi connectivity index (χ3v) is 20.0. The Balaban J connectivity index is 0.990. The maximum Gasteiger partial charge on any atom is 0.307 e. The zero-order valence-corrected chi connectivity index (χ0v) is 44.8. The number of nitrogens with one attached hydrogen (secondary N) is 1. The van der Waals surface area contributed by atoms with Gasteiger partial charge in [0.2, 0.25) is 0 Å². The highest BCUT2D eigenvalue weighted by molar-refractivity contribution is 5.70. The van der Waals surface area contributed by atoms with Crippen molar-refractivity contribution in [3.63, 3.8) is 0 Å². The van der Waals surface area contributed by atoms with Crippen molar-refractivity contribution >= 4 is 11.9 Å². The van der Waals surface area contributed by atoms with Gasteiger partial charge in [-0.15, -0.1) is 0 Å². The van der Waals surface area contributed by atoms with E-state index in [1.165, 1.54) is 161 Å². The van der Waals surface area contributed by atoms with Crippen molar-refractivity contribution in [3.05, 3.63) is 0 Å². The molecular weight excluding hydrogens is 799 g/mol. The molecule has 0 aromatic rings. The van der Waals surface area contributed by atoms with Crippen molar-refractivity contribution < 1.29 is 19.8 Å². The van der Waals surface area contributed by atoms with Gasteiger partial charge < -0.3 is 15.5 Å². The first kappa shape index (κ1) is 56.5. The van der Waals surface area contributed by atoms with E-state index in [0.29, 0.717) is 11.8 Å². The van der Waals surface area contributed by atoms with Gasteiger partial charge in [-0.05, 0) is 179 Å². The molecule has 4 aliphatic rings. The van der Waals surface area contributed by atoms with Crippen molar-refractivity contribution in [3.8, 4) is 0 Å². The third kappa shape index (κ3) is 20.4. The summed E-state index contributed by atoms with van der Waals surface area (Å²) in [6, 6.07) is 0.108. The molecule has 0 aromatic heterocycles. The molecule has 0 spiro atoms. The fourth-order valence-corrected chi connectivity index (χ4v) is 14.9. The molecule has 4 rings (SSSR count). The first-order chi connectivity index (χ1) is 31.0. The number of unbranched alkanes of at least 4 members (excludes halogenated alkanes) is 2. The summed E-state index contributed by atoms with van der Waals surface area (Å²) in [6.45, 7) is 21.7. The average molecular weight is 911 g/mol. The molecular formula is C60H111NO4. The van der Waals surface area contributed by atoms with Gasteiger partial charge in [-0.2, -0.15) is 0 Å². The van der Waals surface area contributed by atoms with Crippen LogP contribution in [0.3, 0.4) is 0 Å². The van der Waals surface area contributed by atoms with Crippen LogP contribution in [0.25, 0.3) is 0 Å². The van der Waals surface area contributed by atoms with Crippen LogP contribution < -0.4 is 5.32 Å². The van der Waals surface area contributed by atoms with Gasteiger partial charge in [-0.25, -0.2) is 0 Å². The van der Waals surface area contributed by atoms with Gasteiger partial charge in [0.25, 0.3) is 0 Å². The number of carboxylic acids is 2. The highest BCUT2D eigenvalue weighted by Gasteiger charge is 2.37. The normalized spacial score (nSPS) is 29.8. The standard InChI is InChI=1S/C60H111NO4/c1-41(2)52(30-24-51-28-34-56(39-51)59(42(3)4)60(64)65)29-21-47(9)54-31-25-48(36-54)15-13-11-12-14-45(7)53-32-26-49(37-53)22-17-43(5)16-20-46(8)55-33-27-50(38-55)23-18-44(6)19-35-57(61-10)40-58(62)63/h41-57,59,61H,11-40H2,1-10H3,(H,62,63)(H,64,65). The number of rotatable bonds is 34. The summed E-state index contributed by atoms with van der Waals surface area (Å²) < 4.78 is 0. The highest BCUT2D eigenvalue weighted by atomic mass is 16.4. The number of hydrogen-bond donors (Lipinski definition) is 3. The van der Waals surface area contributed by atoms with Crippen molar-refractivity contribution in [2.75, 3.05) is 7.05 Å². The van der Waals surface area contributed by atoms with Gasteiger partial charge in [0.1, 0.15) is 0 Å². The molecule has 0 aromatic carbocycles. The van der Waals surface area contributed by atoms with E-state index < -0.39 is 11.9 Å². The van der Waals surface area contributed by atoms with Gasteiger partial charge in [0.15, 0.2) is 0 Å². The summed E-state index contributed by atoms with van der Waals surface area (Å²) in [6.07, 6.45) is 40.3. The lowest BCUT2D eigenvalue weighted by Crippen LogP contribution is -2.28. The lowest BCUT2D eigenvalue weighted by molar-refractivity contribution is -0.145. The monoisotopic (exact) mass is 910 g/mol. The van der Waals surface area contributed by atoms with Crippen LogP contribution in [0.2, 0.25) is 0 Å². The second-order valence-corrected chi connectivity index (χ2v) is 25.7. The van der Waals surface area contributed by atoms with Crippen molar-refractivity contribution in [1.82, 2.24) is 5.32 Å². The summed E-state index contributed by atoms with van der Waals surface area (Å²) >= 11 is 0. The minimum Gasteiger partial charge on any atom is -0.481 e. The molecule has 0 heterocycles. The summed E-state index contributed by atoms with van der Waals surface area (Å²) in [5.74, 6) is 11.5. The smallest absolute Gasteiger partial charge is 0.307 e. The summed E-state index contributed by atoms with van der Waals surface area (Å²) in [5, 5.41) is 22.2. The van der Waals surface area contributed by atoms with Crippen molar-refractivity contribution in [2.45, 2.75) is 261 Å². The lowest BCUT2D eigenvalue weighted by Gasteiger charge is -2.27. The average Bonchev–Trinajstić information content (AvgIpc) is 4.10. The van der Waals surface area contributed by atoms with E-state index in [9.17, 15) is 14.7 Å². The van der Waals surface area contributed by atoms with Crippen molar-refractivity contribution in [1.29, 1.82) is 0 Å². The number of carbonyl (C=O) groups is 2. The molecule has 380 valence electrons. The topological polar surface area (TPSA) is 86.6 Å². The first-order valence-corrected chi connectivity index (χ1v) is 29.1. The Labute approximate surface area is 404 Å². The van der Waals surface area contributed by atoms with Crippen molar-refractivity contribution in [2.24, 2.45) is 101 Å². The SMILES string of the molecule is CNC(CCC(C)CCC1CCC(C(C)CCC(C)CCC2CCC(C(C)CCCCCC3CCC(C(C)CCC(CCC4CCC(C(C(=O)O)C(C)C)C4)C(C)C)C3)C2)C1)CC(=O)O. The lowest BCUT2D eigenvalue weighted by atomic mass is 9.79. The minimum atomic E-state index is -0.694. The predicted molar refractivity (Wildman–Crippen MR) is 277 cm³/mol. The fourth-order valence-electron chi connectivity index (χ4n) is 14.9. The Hall–Kier alpha value is -1.10. The van der Waals surface area contributed by atoms with E-state index >= 15 is 0 Å². The van der Waals surface area contributed by atoms with Crippen LogP contribution in [-0.2, 0) is 9.59 Å². The summed E-state index contributed by atoms with van der Waals surface area (Å²) in [4.78, 5) is 23.0. The Morgan fingerprint density at radius 2 is 0.908 bits per heavy atom. The Bertz CT molecular complexity index is 1300. The van der Waals surface area contributed by atoms with E-state index in [-0.39, 0.29) is 24.3 Å². The van der Waals surface area contributed by atoms with Crippen LogP contribution in [0, 0.1) is 101 Å². The van der Waals surface area contributed by atoms with Crippen LogP contribution in [0.5, 0.6) is 0 Å². The molecule has 16 unspecified atom stereocenters. The van der Waals surface area contributed by atoms with E-state index in [1.807, 2.05) is 7.05 Å². The predicted octanol–water partition coefficient (Wildman–Crippen LogP) is 17.2. The van der Waals surface area contributed by atoms with Gasteiger partial charge in [-0.1, -0.05) is 171 Å². The zero-order valence-electron chi connectivity index (χ0n) is 44.8. The molecule has 5 nitrogen and oxygen atoms in total. The second kappa shape index (κ2) is 29.8. The van der Waals surface area contributed by atoms with Crippen LogP contribution in [0.15, 0.2) is 0 Å². The van der Waals surface area contributed by atoms with Gasteiger partial charge in [0, 0.05) is 6.04 Å². The van der Waals surface area contributed by atoms with Crippen LogP contribution in [0.4, 0.5) is 0 Å². The molecule has 4 fully saturated rings. The molecule has 4 aliphatic carbocycles. The third-order valence-electron chi connectivity index (χ3n) is 20.0. The minimum absolute atomic E-state index is 0.108. The Kier molecular flexibility index (Phi) is 25.9. The number of carboxylic acid groups (broad SMARTS) is 2. The van der Waals surface area contributed by atoms with E-state index in [0.717, 1.165) is 103 Å². The number of aliphatic carboxylic acids is 2. The van der Waals surface area contributed by atoms with Crippen LogP contribution in [0.1, 0.15) is 255 Å². The molecule has 16 atom stereocenters. The largest absolute Gasteiger partial charge is 0.481 e. The van der Waals surface area contributed by atoms with E-state index in [1.54, 1.807) is 0 Å². The summed E-state index contributed by atoms with van der Waals surface area (Å²) in [7, 11) is 1.89. The molecule has 5 heteroatoms. The molecule has 4 saturated carbocycles. The Morgan fingerprint density at radius 3 is 1.38 bits per heavy atom. The molecule has 0 aliphatic heterocycles. The molecule has 0 amide bonds. The Morgan fingerprint density at radius 1 is 0.462 bits per heavy atom. The maximum absolute atomic E-state index is 11.9. The quantitative estimate of drug-likeness (QED) is 0.0560. The summed E-state index contributed by atoms with van der Waals surface area (Å²) in [5.41, 5.74) is 0. The second-order valence-electron chi connectivity index (χ2n) is 25.7. The van der Waals surface area contributed by atoms with Crippen LogP contribution in [-0.4, -0.2) is 35.2 Å². The van der Waals surface area contributed by atoms with Crippen LogP contribution >= 0.6 is 0 Å². The fraction of sp³-hybridized carbons (Fsp3) is 0.967. The number of hydrogen-bond acceptors (Lipinski definition) is 3. The van der Waals surface area contributed by atoms with E-state index in [2.05, 4.69) is 67.6 Å². The zero-order chi connectivity index (χ0) is 47.5. The first-order valence-electron chi connectivity index (χ1n) is 29.1. The molecule has 65 heavy (non-hydrogen) atoms. The van der Waals surface area contributed by atoms with Gasteiger partial charge >= 0.3 is 11.9 Å². The van der Waals surface area contributed by atoms with E-state index in [4.69, 9.17) is 5.11 Å². The molecule has 3 N–H and O–H groups in total.